The van der Waals surface area contributed by atoms with Crippen LogP contribution in [0, 0.1) is 16.7 Å². The fourth-order valence-corrected chi connectivity index (χ4v) is 2.83. The van der Waals surface area contributed by atoms with Gasteiger partial charge >= 0.3 is 6.18 Å². The molecule has 2 atom stereocenters. The molecule has 1 aromatic carbocycles. The van der Waals surface area contributed by atoms with Crippen LogP contribution in [0.2, 0.25) is 0 Å². The van der Waals surface area contributed by atoms with Crippen LogP contribution in [0.15, 0.2) is 18.2 Å². The molecule has 1 aromatic rings. The number of halogens is 3. The maximum Gasteiger partial charge on any atom is 0.417 e. The van der Waals surface area contributed by atoms with E-state index < -0.39 is 34.9 Å². The molecule has 136 valence electrons. The third kappa shape index (κ3) is 3.71. The van der Waals surface area contributed by atoms with Crippen molar-refractivity contribution in [1.82, 2.24) is 4.90 Å². The van der Waals surface area contributed by atoms with Gasteiger partial charge in [-0.1, -0.05) is 13.8 Å². The van der Waals surface area contributed by atoms with Crippen LogP contribution in [0.25, 0.3) is 0 Å². The van der Waals surface area contributed by atoms with Gasteiger partial charge in [-0.3, -0.25) is 4.79 Å². The van der Waals surface area contributed by atoms with Gasteiger partial charge < -0.3 is 14.7 Å². The number of nitrogens with zero attached hydrogens (tertiary/aromatic N) is 2. The Morgan fingerprint density at radius 2 is 2.12 bits per heavy atom. The fraction of sp³-hybridized carbons (Fsp3) is 0.529. The number of carbonyl (C=O) groups excluding carboxylic acids is 1. The number of amides is 1. The summed E-state index contributed by atoms with van der Waals surface area (Å²) in [4.78, 5) is 14.0. The molecule has 0 bridgehead atoms. The molecule has 0 saturated carbocycles. The maximum atomic E-state index is 13.1. The van der Waals surface area contributed by atoms with Crippen molar-refractivity contribution in [2.45, 2.75) is 39.1 Å². The molecule has 1 aliphatic rings. The van der Waals surface area contributed by atoms with Crippen LogP contribution in [0.4, 0.5) is 13.2 Å². The van der Waals surface area contributed by atoms with Gasteiger partial charge in [0, 0.05) is 12.0 Å². The van der Waals surface area contributed by atoms with Gasteiger partial charge in [-0.05, 0) is 25.1 Å². The lowest BCUT2D eigenvalue weighted by Crippen LogP contribution is -2.40. The molecule has 1 N–H and O–H groups in total. The highest BCUT2D eigenvalue weighted by atomic mass is 19.4. The second kappa shape index (κ2) is 6.56. The fourth-order valence-electron chi connectivity index (χ4n) is 2.83. The number of aliphatic hydroxyl groups is 1. The average Bonchev–Trinajstić information content (AvgIpc) is 2.76. The average molecular weight is 356 g/mol. The molecular weight excluding hydrogens is 337 g/mol. The number of benzene rings is 1. The zero-order valence-corrected chi connectivity index (χ0v) is 14.1. The summed E-state index contributed by atoms with van der Waals surface area (Å²) in [6.07, 6.45) is -5.67. The third-order valence-corrected chi connectivity index (χ3v) is 4.26. The Hall–Kier alpha value is -2.27. The predicted octanol–water partition coefficient (Wildman–Crippen LogP) is 2.57. The van der Waals surface area contributed by atoms with Gasteiger partial charge in [-0.25, -0.2) is 0 Å². The van der Waals surface area contributed by atoms with Crippen LogP contribution in [-0.4, -0.2) is 41.2 Å². The van der Waals surface area contributed by atoms with Gasteiger partial charge in [-0.15, -0.1) is 0 Å². The number of alkyl halides is 3. The maximum absolute atomic E-state index is 13.1. The van der Waals surface area contributed by atoms with Crippen molar-refractivity contribution in [3.63, 3.8) is 0 Å². The van der Waals surface area contributed by atoms with Crippen molar-refractivity contribution in [2.24, 2.45) is 5.41 Å². The Kier molecular flexibility index (Phi) is 5.00. The highest BCUT2D eigenvalue weighted by Gasteiger charge is 2.49. The minimum Gasteiger partial charge on any atom is -0.480 e. The number of aliphatic hydroxyl groups excluding tert-OH is 1. The van der Waals surface area contributed by atoms with Gasteiger partial charge in [0.05, 0.1) is 29.8 Å². The Labute approximate surface area is 143 Å². The van der Waals surface area contributed by atoms with Crippen molar-refractivity contribution in [2.75, 3.05) is 13.2 Å². The number of hydrogen-bond donors (Lipinski definition) is 1. The molecular formula is C17H19F3N2O3. The van der Waals surface area contributed by atoms with Gasteiger partial charge in [0.15, 0.2) is 6.10 Å². The van der Waals surface area contributed by atoms with Crippen LogP contribution in [-0.2, 0) is 11.0 Å². The zero-order valence-electron chi connectivity index (χ0n) is 14.1. The summed E-state index contributed by atoms with van der Waals surface area (Å²) in [6, 6.07) is 4.10. The summed E-state index contributed by atoms with van der Waals surface area (Å²) in [5, 5.41) is 18.1. The van der Waals surface area contributed by atoms with Crippen molar-refractivity contribution in [3.8, 4) is 11.8 Å². The van der Waals surface area contributed by atoms with Crippen molar-refractivity contribution < 1.29 is 27.8 Å². The lowest BCUT2D eigenvalue weighted by molar-refractivity contribution is -0.138. The summed E-state index contributed by atoms with van der Waals surface area (Å²) in [7, 11) is 0. The van der Waals surface area contributed by atoms with Crippen LogP contribution < -0.4 is 4.74 Å². The molecule has 1 aliphatic heterocycles. The molecule has 1 saturated heterocycles. The monoisotopic (exact) mass is 356 g/mol. The smallest absolute Gasteiger partial charge is 0.417 e. The number of carbonyl (C=O) groups is 1. The minimum absolute atomic E-state index is 0.128. The number of hydrogen-bond acceptors (Lipinski definition) is 4. The van der Waals surface area contributed by atoms with E-state index >= 15 is 0 Å². The molecule has 0 aromatic heterocycles. The largest absolute Gasteiger partial charge is 0.480 e. The van der Waals surface area contributed by atoms with E-state index in [0.29, 0.717) is 6.54 Å². The Morgan fingerprint density at radius 1 is 1.48 bits per heavy atom. The highest BCUT2D eigenvalue weighted by molar-refractivity contribution is 5.85. The highest BCUT2D eigenvalue weighted by Crippen LogP contribution is 2.38. The molecule has 0 aliphatic carbocycles. The van der Waals surface area contributed by atoms with Gasteiger partial charge in [0.1, 0.15) is 5.75 Å². The van der Waals surface area contributed by atoms with Gasteiger partial charge in [0.25, 0.3) is 5.91 Å². The molecule has 8 heteroatoms. The first-order chi connectivity index (χ1) is 11.5. The summed E-state index contributed by atoms with van der Waals surface area (Å²) >= 11 is 0. The van der Waals surface area contributed by atoms with Crippen LogP contribution in [0.1, 0.15) is 31.9 Å². The van der Waals surface area contributed by atoms with E-state index in [1.54, 1.807) is 20.8 Å². The molecule has 1 fully saturated rings. The van der Waals surface area contributed by atoms with Crippen molar-refractivity contribution >= 4 is 5.91 Å². The molecule has 0 radical (unpaired) electrons. The van der Waals surface area contributed by atoms with Crippen LogP contribution in [0.3, 0.4) is 0 Å². The molecule has 5 nitrogen and oxygen atoms in total. The summed E-state index contributed by atoms with van der Waals surface area (Å²) in [6.45, 7) is 5.33. The number of likely N-dealkylation sites (tertiary alicyclic amines) is 1. The number of ether oxygens (including phenoxy) is 1. The molecule has 0 spiro atoms. The lowest BCUT2D eigenvalue weighted by atomic mass is 9.89. The SMILES string of the molecule is CC(CO)N1CC(C)(C)[C@@H](Oc2ccc(C#N)c(C(F)(F)F)c2)C1=O. The molecule has 2 rings (SSSR count). The topological polar surface area (TPSA) is 73.6 Å². The Bertz CT molecular complexity index is 710. The Morgan fingerprint density at radius 3 is 2.64 bits per heavy atom. The van der Waals surface area contributed by atoms with Gasteiger partial charge in [0.2, 0.25) is 0 Å². The van der Waals surface area contributed by atoms with Crippen molar-refractivity contribution in [3.05, 3.63) is 29.3 Å². The van der Waals surface area contributed by atoms with E-state index in [9.17, 15) is 23.1 Å². The van der Waals surface area contributed by atoms with E-state index in [1.165, 1.54) is 17.0 Å². The molecule has 25 heavy (non-hydrogen) atoms. The molecule has 1 amide bonds. The van der Waals surface area contributed by atoms with Crippen molar-refractivity contribution in [1.29, 1.82) is 5.26 Å². The second-order valence-corrected chi connectivity index (χ2v) is 6.80. The zero-order chi connectivity index (χ0) is 19.0. The first-order valence-corrected chi connectivity index (χ1v) is 7.70. The van der Waals surface area contributed by atoms with Gasteiger partial charge in [-0.2, -0.15) is 18.4 Å². The summed E-state index contributed by atoms with van der Waals surface area (Å²) < 4.78 is 44.8. The second-order valence-electron chi connectivity index (χ2n) is 6.80. The van der Waals surface area contributed by atoms with E-state index in [-0.39, 0.29) is 18.3 Å². The third-order valence-electron chi connectivity index (χ3n) is 4.26. The summed E-state index contributed by atoms with van der Waals surface area (Å²) in [5.41, 5.74) is -2.25. The molecule has 1 unspecified atom stereocenters. The lowest BCUT2D eigenvalue weighted by Gasteiger charge is -2.25. The van der Waals surface area contributed by atoms with E-state index in [4.69, 9.17) is 10.00 Å². The Balaban J connectivity index is 2.33. The number of rotatable bonds is 4. The van der Waals surface area contributed by atoms with E-state index in [2.05, 4.69) is 0 Å². The van der Waals surface area contributed by atoms with E-state index in [0.717, 1.165) is 12.1 Å². The van der Waals surface area contributed by atoms with Crippen LogP contribution in [0.5, 0.6) is 5.75 Å². The first-order valence-electron chi connectivity index (χ1n) is 7.70. The standard InChI is InChI=1S/C17H19F3N2O3/c1-10(8-23)22-9-16(2,3)14(15(22)24)25-12-5-4-11(7-21)13(6-12)17(18,19)20/h4-6,10,14,23H,8-9H2,1-3H3/t10?,14-/m0/s1. The normalized spacial score (nSPS) is 21.1. The predicted molar refractivity (Wildman–Crippen MR) is 82.6 cm³/mol. The quantitative estimate of drug-likeness (QED) is 0.900. The summed E-state index contributed by atoms with van der Waals surface area (Å²) in [5.74, 6) is -0.513. The number of nitriles is 1. The van der Waals surface area contributed by atoms with Crippen LogP contribution >= 0.6 is 0 Å². The van der Waals surface area contributed by atoms with E-state index in [1.807, 2.05) is 0 Å². The minimum atomic E-state index is -4.70. The first kappa shape index (κ1) is 19.1. The molecule has 1 heterocycles.